The molecule has 0 fully saturated rings. The lowest BCUT2D eigenvalue weighted by molar-refractivity contribution is -0.131. The fourth-order valence-electron chi connectivity index (χ4n) is 4.60. The van der Waals surface area contributed by atoms with Crippen molar-refractivity contribution in [1.29, 1.82) is 21.0 Å². The van der Waals surface area contributed by atoms with Crippen LogP contribution in [-0.2, 0) is 16.6 Å². The fraction of sp³-hybridized carbons (Fsp3) is 0.200. The van der Waals surface area contributed by atoms with Gasteiger partial charge in [-0.05, 0) is 29.7 Å². The smallest absolute Gasteiger partial charge is 0.342 e. The number of hydrogen-bond acceptors (Lipinski definition) is 8. The monoisotopic (exact) mass is 434 g/mol. The van der Waals surface area contributed by atoms with Gasteiger partial charge in [-0.1, -0.05) is 30.3 Å². The molecule has 1 heterocycles. The van der Waals surface area contributed by atoms with Crippen molar-refractivity contribution in [2.75, 3.05) is 0 Å². The number of hydrogen-bond donors (Lipinski definition) is 0. The summed E-state index contributed by atoms with van der Waals surface area (Å²) in [6, 6.07) is 20.5. The van der Waals surface area contributed by atoms with E-state index in [2.05, 4.69) is 0 Å². The molecule has 0 radical (unpaired) electrons. The molecule has 0 N–H and O–H groups in total. The molecule has 8 heteroatoms. The molecule has 0 bridgehead atoms. The molecule has 4 rings (SSSR count). The Kier molecular flexibility index (Phi) is 4.94. The van der Waals surface area contributed by atoms with Crippen molar-refractivity contribution < 1.29 is 13.9 Å². The van der Waals surface area contributed by atoms with Gasteiger partial charge in [0.25, 0.3) is 0 Å². The third-order valence-corrected chi connectivity index (χ3v) is 6.04. The van der Waals surface area contributed by atoms with E-state index >= 15 is 0 Å². The highest BCUT2D eigenvalue weighted by molar-refractivity contribution is 5.85. The van der Waals surface area contributed by atoms with Gasteiger partial charge in [0.2, 0.25) is 5.41 Å². The Morgan fingerprint density at radius 1 is 1.03 bits per heavy atom. The van der Waals surface area contributed by atoms with Gasteiger partial charge >= 0.3 is 11.6 Å². The van der Waals surface area contributed by atoms with E-state index in [4.69, 9.17) is 9.15 Å². The summed E-state index contributed by atoms with van der Waals surface area (Å²) in [6.07, 6.45) is 0.0423. The Hall–Kier alpha value is -4.92. The second-order valence-electron chi connectivity index (χ2n) is 7.67. The van der Waals surface area contributed by atoms with Crippen molar-refractivity contribution in [2.45, 2.75) is 24.7 Å². The third-order valence-electron chi connectivity index (χ3n) is 6.04. The van der Waals surface area contributed by atoms with Crippen LogP contribution in [-0.4, -0.2) is 5.97 Å². The topological polar surface area (TPSA) is 152 Å². The van der Waals surface area contributed by atoms with Gasteiger partial charge in [0.05, 0.1) is 29.8 Å². The number of carbonyl (C=O) groups excluding carboxylic acids is 1. The average molecular weight is 434 g/mol. The van der Waals surface area contributed by atoms with E-state index in [1.807, 2.05) is 24.3 Å². The molecule has 158 valence electrons. The highest BCUT2D eigenvalue weighted by Crippen LogP contribution is 2.56. The van der Waals surface area contributed by atoms with E-state index in [1.165, 1.54) is 19.1 Å². The van der Waals surface area contributed by atoms with Gasteiger partial charge in [0.1, 0.15) is 11.3 Å². The Bertz CT molecular complexity index is 1500. The minimum Gasteiger partial charge on any atom is -0.427 e. The summed E-state index contributed by atoms with van der Waals surface area (Å²) in [6.45, 7) is 1.23. The number of ether oxygens (including phenoxy) is 1. The maximum absolute atomic E-state index is 13.1. The van der Waals surface area contributed by atoms with E-state index in [0.29, 0.717) is 16.5 Å². The Balaban J connectivity index is 2.13. The number of benzene rings is 2. The minimum absolute atomic E-state index is 0.0423. The summed E-state index contributed by atoms with van der Waals surface area (Å²) < 4.78 is 10.5. The van der Waals surface area contributed by atoms with Crippen LogP contribution in [0.3, 0.4) is 0 Å². The number of nitrogens with zero attached hydrogens (tertiary/aromatic N) is 4. The molecule has 1 aliphatic rings. The van der Waals surface area contributed by atoms with Crippen LogP contribution in [0.15, 0.2) is 57.7 Å². The lowest BCUT2D eigenvalue weighted by Gasteiger charge is -2.42. The second kappa shape index (κ2) is 7.65. The van der Waals surface area contributed by atoms with Crippen LogP contribution in [0.1, 0.15) is 29.5 Å². The Morgan fingerprint density at radius 3 is 2.27 bits per heavy atom. The average Bonchev–Trinajstić information content (AvgIpc) is 2.82. The van der Waals surface area contributed by atoms with Crippen LogP contribution in [0.4, 0.5) is 0 Å². The molecule has 1 aromatic heterocycles. The highest BCUT2D eigenvalue weighted by Gasteiger charge is 2.65. The van der Waals surface area contributed by atoms with Crippen molar-refractivity contribution >= 4 is 16.9 Å². The van der Waals surface area contributed by atoms with Crippen LogP contribution in [0.5, 0.6) is 5.75 Å². The molecule has 0 aliphatic heterocycles. The van der Waals surface area contributed by atoms with Crippen molar-refractivity contribution in [3.63, 3.8) is 0 Å². The number of nitriles is 4. The van der Waals surface area contributed by atoms with Gasteiger partial charge in [-0.25, -0.2) is 4.79 Å². The summed E-state index contributed by atoms with van der Waals surface area (Å²) in [5.74, 6) is -1.28. The summed E-state index contributed by atoms with van der Waals surface area (Å²) in [4.78, 5) is 24.4. The first-order chi connectivity index (χ1) is 15.9. The summed E-state index contributed by atoms with van der Waals surface area (Å²) in [5.41, 5.74) is -4.85. The van der Waals surface area contributed by atoms with E-state index in [1.54, 1.807) is 36.4 Å². The van der Waals surface area contributed by atoms with Gasteiger partial charge in [-0.3, -0.25) is 4.79 Å². The molecule has 0 saturated carbocycles. The zero-order chi connectivity index (χ0) is 23.8. The van der Waals surface area contributed by atoms with Crippen LogP contribution in [0, 0.1) is 50.7 Å². The molecule has 2 aromatic carbocycles. The molecule has 1 aliphatic carbocycles. The zero-order valence-electron chi connectivity index (χ0n) is 17.3. The first-order valence-corrected chi connectivity index (χ1v) is 9.86. The predicted octanol–water partition coefficient (Wildman–Crippen LogP) is 3.38. The Morgan fingerprint density at radius 2 is 1.70 bits per heavy atom. The fourth-order valence-corrected chi connectivity index (χ4v) is 4.60. The molecule has 0 amide bonds. The zero-order valence-corrected chi connectivity index (χ0v) is 17.3. The van der Waals surface area contributed by atoms with E-state index in [9.17, 15) is 30.6 Å². The Labute approximate surface area is 188 Å². The van der Waals surface area contributed by atoms with Gasteiger partial charge in [0.15, 0.2) is 5.41 Å². The molecule has 0 saturated heterocycles. The molecule has 1 atom stereocenters. The number of fused-ring (bicyclic) bond motifs is 3. The lowest BCUT2D eigenvalue weighted by Crippen LogP contribution is -2.53. The van der Waals surface area contributed by atoms with Gasteiger partial charge in [-0.2, -0.15) is 21.0 Å². The highest BCUT2D eigenvalue weighted by atomic mass is 16.5. The van der Waals surface area contributed by atoms with Crippen molar-refractivity contribution in [2.24, 2.45) is 5.41 Å². The van der Waals surface area contributed by atoms with E-state index in [0.717, 1.165) is 0 Å². The van der Waals surface area contributed by atoms with Crippen molar-refractivity contribution in [3.8, 4) is 30.0 Å². The van der Waals surface area contributed by atoms with Crippen LogP contribution >= 0.6 is 0 Å². The summed E-state index contributed by atoms with van der Waals surface area (Å²) >= 11 is 0. The first-order valence-electron chi connectivity index (χ1n) is 9.86. The van der Waals surface area contributed by atoms with Gasteiger partial charge in [0, 0.05) is 24.3 Å². The van der Waals surface area contributed by atoms with Crippen molar-refractivity contribution in [3.05, 3.63) is 75.6 Å². The maximum Gasteiger partial charge on any atom is 0.342 e. The van der Waals surface area contributed by atoms with Gasteiger partial charge < -0.3 is 9.15 Å². The lowest BCUT2D eigenvalue weighted by atomic mass is 9.50. The maximum atomic E-state index is 13.1. The summed E-state index contributed by atoms with van der Waals surface area (Å²) in [7, 11) is 0. The van der Waals surface area contributed by atoms with E-state index < -0.39 is 28.3 Å². The molecule has 8 nitrogen and oxygen atoms in total. The predicted molar refractivity (Wildman–Crippen MR) is 113 cm³/mol. The quantitative estimate of drug-likeness (QED) is 0.338. The number of carbonyl (C=O) groups is 1. The molecular formula is C25H14N4O4. The largest absolute Gasteiger partial charge is 0.427 e. The number of esters is 1. The normalized spacial score (nSPS) is 17.4. The first kappa shape index (κ1) is 21.3. The number of rotatable bonds is 2. The molecule has 33 heavy (non-hydrogen) atoms. The van der Waals surface area contributed by atoms with E-state index in [-0.39, 0.29) is 23.3 Å². The third kappa shape index (κ3) is 2.87. The van der Waals surface area contributed by atoms with Gasteiger partial charge in [-0.15, -0.1) is 0 Å². The molecule has 0 unspecified atom stereocenters. The standard InChI is InChI=1S/C25H14N4O4/c1-15(30)32-17-7-8-18-19-10-20(16-5-3-2-4-6-16)24(11-26,12-27)25(13-28,14-29)22(19)23(31)33-21(18)9-17/h2-9,20H,10H2,1H3/t20-/m0/s1. The minimum atomic E-state index is -2.39. The van der Waals surface area contributed by atoms with Crippen LogP contribution in [0.2, 0.25) is 0 Å². The molecule has 0 spiro atoms. The molecule has 3 aromatic rings. The molecular weight excluding hydrogens is 420 g/mol. The van der Waals surface area contributed by atoms with Crippen LogP contribution < -0.4 is 10.4 Å². The van der Waals surface area contributed by atoms with Crippen LogP contribution in [0.25, 0.3) is 11.0 Å². The second-order valence-corrected chi connectivity index (χ2v) is 7.67. The van der Waals surface area contributed by atoms with Crippen molar-refractivity contribution in [1.82, 2.24) is 0 Å². The summed E-state index contributed by atoms with van der Waals surface area (Å²) in [5, 5.41) is 41.1. The SMILES string of the molecule is CC(=O)Oc1ccc2c3c(c(=O)oc2c1)C(C#N)(C#N)C(C#N)(C#N)[C@H](c1ccccc1)C3.